The Morgan fingerprint density at radius 3 is 2.03 bits per heavy atom. The van der Waals surface area contributed by atoms with Crippen LogP contribution in [0, 0.1) is 17.8 Å². The predicted octanol–water partition coefficient (Wildman–Crippen LogP) is 4.35. The summed E-state index contributed by atoms with van der Waals surface area (Å²) in [5, 5.41) is 0. The molecule has 0 saturated carbocycles. The molecule has 8 heteroatoms. The molecule has 8 nitrogen and oxygen atoms in total. The van der Waals surface area contributed by atoms with Gasteiger partial charge in [0, 0.05) is 39.0 Å². The number of hydrogen-bond donors (Lipinski definition) is 0. The number of carbonyl (C=O) groups excluding carboxylic acids is 4. The molecule has 206 valence electrons. The Morgan fingerprint density at radius 1 is 0.806 bits per heavy atom. The highest BCUT2D eigenvalue weighted by Crippen LogP contribution is 2.23. The summed E-state index contributed by atoms with van der Waals surface area (Å²) < 4.78 is 11.1. The molecular weight excluding hydrogens is 460 g/mol. The first-order valence-corrected chi connectivity index (χ1v) is 14.2. The fourth-order valence-electron chi connectivity index (χ4n) is 4.86. The molecule has 4 atom stereocenters. The number of ether oxygens (including phenoxy) is 2. The Hall–Kier alpha value is -2.12. The minimum absolute atomic E-state index is 0.0237. The van der Waals surface area contributed by atoms with Gasteiger partial charge in [0.1, 0.15) is 0 Å². The molecule has 0 spiro atoms. The zero-order valence-electron chi connectivity index (χ0n) is 23.0. The normalized spacial score (nSPS) is 21.7. The lowest BCUT2D eigenvalue weighted by atomic mass is 10.1. The van der Waals surface area contributed by atoms with E-state index in [1.807, 2.05) is 13.8 Å². The number of amides is 2. The maximum Gasteiger partial charge on any atom is 0.311 e. The van der Waals surface area contributed by atoms with Crippen molar-refractivity contribution in [2.24, 2.45) is 17.8 Å². The summed E-state index contributed by atoms with van der Waals surface area (Å²) in [5.41, 5.74) is 0. The Kier molecular flexibility index (Phi) is 13.3. The topological polar surface area (TPSA) is 93.2 Å². The highest BCUT2D eigenvalue weighted by Gasteiger charge is 2.37. The van der Waals surface area contributed by atoms with Gasteiger partial charge in [-0.3, -0.25) is 19.2 Å². The van der Waals surface area contributed by atoms with Gasteiger partial charge in [0.2, 0.25) is 11.8 Å². The van der Waals surface area contributed by atoms with E-state index in [4.69, 9.17) is 9.47 Å². The highest BCUT2D eigenvalue weighted by atomic mass is 16.5. The van der Waals surface area contributed by atoms with Crippen molar-refractivity contribution >= 4 is 23.8 Å². The van der Waals surface area contributed by atoms with Gasteiger partial charge < -0.3 is 19.3 Å². The van der Waals surface area contributed by atoms with E-state index in [-0.39, 0.29) is 61.1 Å². The number of unbranched alkanes of at least 4 members (excludes halogenated alkanes) is 5. The second kappa shape index (κ2) is 15.9. The van der Waals surface area contributed by atoms with E-state index in [9.17, 15) is 19.2 Å². The summed E-state index contributed by atoms with van der Waals surface area (Å²) in [6.07, 6.45) is 9.57. The maximum atomic E-state index is 12.5. The molecule has 36 heavy (non-hydrogen) atoms. The fourth-order valence-corrected chi connectivity index (χ4v) is 4.86. The largest absolute Gasteiger partial charge is 0.465 e. The SMILES string of the molecule is CCCCCCC(C)OC(=O)C1CC(=O)N(CCC(C)COC(=O)C2CC(=O)N(CCCCC)C2)C1. The van der Waals surface area contributed by atoms with Crippen LogP contribution in [0.4, 0.5) is 0 Å². The molecule has 2 aliphatic rings. The molecule has 2 heterocycles. The molecule has 2 saturated heterocycles. The quantitative estimate of drug-likeness (QED) is 0.214. The Bertz CT molecular complexity index is 727. The molecule has 0 aromatic rings. The van der Waals surface area contributed by atoms with Gasteiger partial charge in [-0.1, -0.05) is 52.9 Å². The van der Waals surface area contributed by atoms with E-state index in [0.29, 0.717) is 32.6 Å². The van der Waals surface area contributed by atoms with E-state index < -0.39 is 5.92 Å². The van der Waals surface area contributed by atoms with Gasteiger partial charge in [-0.15, -0.1) is 0 Å². The molecule has 2 fully saturated rings. The van der Waals surface area contributed by atoms with Crippen LogP contribution in [-0.2, 0) is 28.7 Å². The number of carbonyl (C=O) groups is 4. The summed E-state index contributed by atoms with van der Waals surface area (Å²) in [6.45, 7) is 10.5. The fraction of sp³-hybridized carbons (Fsp3) is 0.857. The van der Waals surface area contributed by atoms with E-state index >= 15 is 0 Å². The van der Waals surface area contributed by atoms with Crippen molar-refractivity contribution < 1.29 is 28.7 Å². The summed E-state index contributed by atoms with van der Waals surface area (Å²) in [5.74, 6) is -1.27. The lowest BCUT2D eigenvalue weighted by Crippen LogP contribution is -2.30. The van der Waals surface area contributed by atoms with Gasteiger partial charge in [0.25, 0.3) is 0 Å². The first-order valence-electron chi connectivity index (χ1n) is 14.2. The smallest absolute Gasteiger partial charge is 0.311 e. The molecule has 2 aliphatic heterocycles. The van der Waals surface area contributed by atoms with Crippen LogP contribution in [0.25, 0.3) is 0 Å². The Morgan fingerprint density at radius 2 is 1.39 bits per heavy atom. The van der Waals surface area contributed by atoms with Gasteiger partial charge in [-0.25, -0.2) is 0 Å². The zero-order valence-corrected chi connectivity index (χ0v) is 23.0. The minimum atomic E-state index is -0.399. The molecule has 0 aromatic heterocycles. The van der Waals surface area contributed by atoms with Crippen molar-refractivity contribution in [3.8, 4) is 0 Å². The van der Waals surface area contributed by atoms with E-state index in [1.54, 1.807) is 9.80 Å². The summed E-state index contributed by atoms with van der Waals surface area (Å²) in [4.78, 5) is 53.1. The van der Waals surface area contributed by atoms with Crippen LogP contribution in [0.15, 0.2) is 0 Å². The van der Waals surface area contributed by atoms with Gasteiger partial charge in [-0.05, 0) is 38.5 Å². The molecule has 2 amide bonds. The number of likely N-dealkylation sites (tertiary alicyclic amines) is 2. The van der Waals surface area contributed by atoms with Crippen LogP contribution in [0.5, 0.6) is 0 Å². The second-order valence-corrected chi connectivity index (χ2v) is 10.8. The second-order valence-electron chi connectivity index (χ2n) is 10.8. The standard InChI is InChI=1S/C28H48N2O6/c1-5-7-9-10-12-22(4)36-28(34)24-17-26(32)30(19-24)15-13-21(3)20-35-27(33)23-16-25(31)29(18-23)14-11-8-6-2/h21-24H,5-20H2,1-4H3. The first kappa shape index (κ1) is 30.1. The Labute approximate surface area is 217 Å². The van der Waals surface area contributed by atoms with Gasteiger partial charge in [-0.2, -0.15) is 0 Å². The van der Waals surface area contributed by atoms with Crippen LogP contribution >= 0.6 is 0 Å². The average molecular weight is 509 g/mol. The van der Waals surface area contributed by atoms with Crippen molar-refractivity contribution in [3.63, 3.8) is 0 Å². The van der Waals surface area contributed by atoms with Crippen molar-refractivity contribution in [2.45, 2.75) is 104 Å². The van der Waals surface area contributed by atoms with Crippen molar-refractivity contribution in [3.05, 3.63) is 0 Å². The summed E-state index contributed by atoms with van der Waals surface area (Å²) >= 11 is 0. The number of nitrogens with zero attached hydrogens (tertiary/aromatic N) is 2. The van der Waals surface area contributed by atoms with Crippen molar-refractivity contribution in [2.75, 3.05) is 32.8 Å². The third kappa shape index (κ3) is 10.1. The lowest BCUT2D eigenvalue weighted by Gasteiger charge is -2.20. The third-order valence-corrected chi connectivity index (χ3v) is 7.31. The van der Waals surface area contributed by atoms with Gasteiger partial charge in [0.15, 0.2) is 0 Å². The monoisotopic (exact) mass is 508 g/mol. The van der Waals surface area contributed by atoms with Crippen LogP contribution < -0.4 is 0 Å². The maximum absolute atomic E-state index is 12.5. The molecule has 4 unspecified atom stereocenters. The Balaban J connectivity index is 1.64. The number of rotatable bonds is 17. The van der Waals surface area contributed by atoms with Gasteiger partial charge >= 0.3 is 11.9 Å². The van der Waals surface area contributed by atoms with Crippen LogP contribution in [-0.4, -0.2) is 72.4 Å². The van der Waals surface area contributed by atoms with E-state index in [0.717, 1.165) is 38.5 Å². The van der Waals surface area contributed by atoms with Crippen molar-refractivity contribution in [1.82, 2.24) is 9.80 Å². The minimum Gasteiger partial charge on any atom is -0.465 e. The number of esters is 2. The predicted molar refractivity (Wildman–Crippen MR) is 138 cm³/mol. The summed E-state index contributed by atoms with van der Waals surface area (Å²) in [7, 11) is 0. The van der Waals surface area contributed by atoms with Crippen LogP contribution in [0.3, 0.4) is 0 Å². The number of hydrogen-bond acceptors (Lipinski definition) is 6. The van der Waals surface area contributed by atoms with Crippen LogP contribution in [0.1, 0.15) is 98.3 Å². The molecular formula is C28H48N2O6. The zero-order chi connectivity index (χ0) is 26.5. The van der Waals surface area contributed by atoms with E-state index in [1.165, 1.54) is 12.8 Å². The molecule has 0 bridgehead atoms. The third-order valence-electron chi connectivity index (χ3n) is 7.31. The molecule has 0 N–H and O–H groups in total. The average Bonchev–Trinajstić information content (AvgIpc) is 3.41. The first-order chi connectivity index (χ1) is 17.2. The lowest BCUT2D eigenvalue weighted by molar-refractivity contribution is -0.153. The molecule has 2 rings (SSSR count). The summed E-state index contributed by atoms with van der Waals surface area (Å²) in [6, 6.07) is 0. The molecule has 0 aliphatic carbocycles. The van der Waals surface area contributed by atoms with Gasteiger partial charge in [0.05, 0.1) is 24.5 Å². The van der Waals surface area contributed by atoms with Crippen LogP contribution in [0.2, 0.25) is 0 Å². The molecule has 0 radical (unpaired) electrons. The highest BCUT2D eigenvalue weighted by molar-refractivity contribution is 5.87. The van der Waals surface area contributed by atoms with E-state index in [2.05, 4.69) is 13.8 Å². The van der Waals surface area contributed by atoms with Crippen molar-refractivity contribution in [1.29, 1.82) is 0 Å². The molecule has 0 aromatic carbocycles.